The van der Waals surface area contributed by atoms with Crippen LogP contribution in [0.2, 0.25) is 0 Å². The zero-order valence-electron chi connectivity index (χ0n) is 11.6. The van der Waals surface area contributed by atoms with E-state index in [1.807, 2.05) is 35.7 Å². The standard InChI is InChI=1S/C15H18N2O2S.ClH/c16-8-9-19-14-4-2-13(3-5-14)17-15(18)6-1-12-7-10-20-11-12;/h2-5,7,10-11H,1,6,8-9,16H2,(H,17,18);1H. The maximum absolute atomic E-state index is 11.8. The van der Waals surface area contributed by atoms with Crippen LogP contribution in [0.25, 0.3) is 0 Å². The Morgan fingerprint density at radius 3 is 2.62 bits per heavy atom. The molecule has 1 amide bonds. The molecule has 0 fully saturated rings. The summed E-state index contributed by atoms with van der Waals surface area (Å²) < 4.78 is 5.38. The van der Waals surface area contributed by atoms with E-state index in [2.05, 4.69) is 10.7 Å². The fourth-order valence-corrected chi connectivity index (χ4v) is 2.43. The van der Waals surface area contributed by atoms with Gasteiger partial charge in [0.15, 0.2) is 0 Å². The lowest BCUT2D eigenvalue weighted by molar-refractivity contribution is -0.116. The number of nitrogens with one attached hydrogen (secondary N) is 1. The first-order valence-electron chi connectivity index (χ1n) is 6.52. The molecule has 6 heteroatoms. The first kappa shape index (κ1) is 17.5. The third kappa shape index (κ3) is 6.16. The van der Waals surface area contributed by atoms with Crippen LogP contribution < -0.4 is 15.8 Å². The second-order valence-electron chi connectivity index (χ2n) is 4.34. The normalized spacial score (nSPS) is 9.76. The highest BCUT2D eigenvalue weighted by Gasteiger charge is 2.04. The van der Waals surface area contributed by atoms with Crippen molar-refractivity contribution in [1.29, 1.82) is 0 Å². The summed E-state index contributed by atoms with van der Waals surface area (Å²) >= 11 is 1.65. The van der Waals surface area contributed by atoms with Crippen LogP contribution in [0.3, 0.4) is 0 Å². The van der Waals surface area contributed by atoms with Gasteiger partial charge in [0.1, 0.15) is 12.4 Å². The molecule has 2 aromatic rings. The van der Waals surface area contributed by atoms with Gasteiger partial charge in [0.05, 0.1) is 0 Å². The minimum Gasteiger partial charge on any atom is -0.492 e. The summed E-state index contributed by atoms with van der Waals surface area (Å²) in [4.78, 5) is 11.8. The lowest BCUT2D eigenvalue weighted by atomic mass is 10.2. The van der Waals surface area contributed by atoms with Gasteiger partial charge in [-0.05, 0) is 53.1 Å². The molecule has 4 nitrogen and oxygen atoms in total. The van der Waals surface area contributed by atoms with E-state index in [0.717, 1.165) is 17.9 Å². The Labute approximate surface area is 134 Å². The van der Waals surface area contributed by atoms with E-state index in [1.165, 1.54) is 5.56 Å². The molecular formula is C15H19ClN2O2S. The average molecular weight is 327 g/mol. The maximum Gasteiger partial charge on any atom is 0.224 e. The van der Waals surface area contributed by atoms with Crippen LogP contribution >= 0.6 is 23.7 Å². The van der Waals surface area contributed by atoms with Crippen molar-refractivity contribution in [3.8, 4) is 5.75 Å². The molecule has 0 aliphatic rings. The number of nitrogens with two attached hydrogens (primary N) is 1. The SMILES string of the molecule is Cl.NCCOc1ccc(NC(=O)CCc2ccsc2)cc1. The van der Waals surface area contributed by atoms with Gasteiger partial charge in [-0.15, -0.1) is 12.4 Å². The lowest BCUT2D eigenvalue weighted by Gasteiger charge is -2.07. The van der Waals surface area contributed by atoms with E-state index in [0.29, 0.717) is 19.6 Å². The number of rotatable bonds is 7. The number of carbonyl (C=O) groups is 1. The number of hydrogen-bond donors (Lipinski definition) is 2. The summed E-state index contributed by atoms with van der Waals surface area (Å²) in [6.07, 6.45) is 1.26. The molecule has 1 aromatic carbocycles. The smallest absolute Gasteiger partial charge is 0.224 e. The van der Waals surface area contributed by atoms with Crippen LogP contribution in [0.15, 0.2) is 41.1 Å². The summed E-state index contributed by atoms with van der Waals surface area (Å²) in [6.45, 7) is 0.980. The van der Waals surface area contributed by atoms with Crippen molar-refractivity contribution in [3.63, 3.8) is 0 Å². The molecule has 1 heterocycles. The molecule has 0 atom stereocenters. The van der Waals surface area contributed by atoms with Crippen molar-refractivity contribution in [2.75, 3.05) is 18.5 Å². The third-order valence-corrected chi connectivity index (χ3v) is 3.48. The Hall–Kier alpha value is -1.56. The number of ether oxygens (including phenoxy) is 1. The molecule has 0 bridgehead atoms. The molecule has 0 spiro atoms. The fraction of sp³-hybridized carbons (Fsp3) is 0.267. The van der Waals surface area contributed by atoms with Crippen molar-refractivity contribution < 1.29 is 9.53 Å². The van der Waals surface area contributed by atoms with Crippen LogP contribution in [0.5, 0.6) is 5.75 Å². The quantitative estimate of drug-likeness (QED) is 0.821. The minimum atomic E-state index is 0. The summed E-state index contributed by atoms with van der Waals surface area (Å²) in [5.41, 5.74) is 7.35. The van der Waals surface area contributed by atoms with E-state index < -0.39 is 0 Å². The number of amides is 1. The Morgan fingerprint density at radius 1 is 1.24 bits per heavy atom. The van der Waals surface area contributed by atoms with Crippen molar-refractivity contribution in [2.45, 2.75) is 12.8 Å². The average Bonchev–Trinajstić information content (AvgIpc) is 2.98. The number of aryl methyl sites for hydroxylation is 1. The molecule has 0 unspecified atom stereocenters. The largest absolute Gasteiger partial charge is 0.492 e. The van der Waals surface area contributed by atoms with E-state index in [9.17, 15) is 4.79 Å². The number of thiophene rings is 1. The van der Waals surface area contributed by atoms with Gasteiger partial charge in [-0.3, -0.25) is 4.79 Å². The van der Waals surface area contributed by atoms with Crippen molar-refractivity contribution in [1.82, 2.24) is 0 Å². The predicted octanol–water partition coefficient (Wildman–Crippen LogP) is 3.08. The van der Waals surface area contributed by atoms with E-state index in [-0.39, 0.29) is 18.3 Å². The molecule has 2 rings (SSSR count). The Kier molecular flexibility index (Phi) is 7.82. The van der Waals surface area contributed by atoms with Gasteiger partial charge in [-0.25, -0.2) is 0 Å². The molecule has 0 saturated heterocycles. The van der Waals surface area contributed by atoms with Crippen molar-refractivity contribution in [2.24, 2.45) is 5.73 Å². The molecule has 0 aliphatic carbocycles. The summed E-state index contributed by atoms with van der Waals surface area (Å²) in [6, 6.07) is 9.35. The number of carbonyl (C=O) groups excluding carboxylic acids is 1. The first-order chi connectivity index (χ1) is 9.78. The highest BCUT2D eigenvalue weighted by atomic mass is 35.5. The van der Waals surface area contributed by atoms with E-state index >= 15 is 0 Å². The zero-order chi connectivity index (χ0) is 14.2. The topological polar surface area (TPSA) is 64.3 Å². The molecule has 3 N–H and O–H groups in total. The number of benzene rings is 1. The van der Waals surface area contributed by atoms with E-state index in [4.69, 9.17) is 10.5 Å². The highest BCUT2D eigenvalue weighted by Crippen LogP contribution is 2.16. The summed E-state index contributed by atoms with van der Waals surface area (Å²) in [7, 11) is 0. The molecule has 0 aliphatic heterocycles. The lowest BCUT2D eigenvalue weighted by Crippen LogP contribution is -2.12. The maximum atomic E-state index is 11.8. The van der Waals surface area contributed by atoms with Gasteiger partial charge in [0.2, 0.25) is 5.91 Å². The van der Waals surface area contributed by atoms with Crippen molar-refractivity contribution in [3.05, 3.63) is 46.7 Å². The second kappa shape index (κ2) is 9.39. The summed E-state index contributed by atoms with van der Waals surface area (Å²) in [5, 5.41) is 6.96. The molecular weight excluding hydrogens is 308 g/mol. The van der Waals surface area contributed by atoms with Crippen LogP contribution in [0, 0.1) is 0 Å². The van der Waals surface area contributed by atoms with Crippen LogP contribution in [-0.2, 0) is 11.2 Å². The molecule has 0 saturated carbocycles. The molecule has 21 heavy (non-hydrogen) atoms. The number of halogens is 1. The van der Waals surface area contributed by atoms with Gasteiger partial charge in [0.25, 0.3) is 0 Å². The number of hydrogen-bond acceptors (Lipinski definition) is 4. The van der Waals surface area contributed by atoms with Gasteiger partial charge < -0.3 is 15.8 Å². The van der Waals surface area contributed by atoms with Gasteiger partial charge in [-0.1, -0.05) is 0 Å². The number of anilines is 1. The highest BCUT2D eigenvalue weighted by molar-refractivity contribution is 7.07. The van der Waals surface area contributed by atoms with Crippen LogP contribution in [0.1, 0.15) is 12.0 Å². The van der Waals surface area contributed by atoms with Gasteiger partial charge in [0, 0.05) is 18.7 Å². The van der Waals surface area contributed by atoms with E-state index in [1.54, 1.807) is 11.3 Å². The van der Waals surface area contributed by atoms with Crippen molar-refractivity contribution >= 4 is 35.3 Å². The predicted molar refractivity (Wildman–Crippen MR) is 89.5 cm³/mol. The Bertz CT molecular complexity index is 529. The molecule has 1 aromatic heterocycles. The monoisotopic (exact) mass is 326 g/mol. The summed E-state index contributed by atoms with van der Waals surface area (Å²) in [5.74, 6) is 0.776. The Morgan fingerprint density at radius 2 is 2.00 bits per heavy atom. The minimum absolute atomic E-state index is 0. The third-order valence-electron chi connectivity index (χ3n) is 2.75. The molecule has 0 radical (unpaired) electrons. The second-order valence-corrected chi connectivity index (χ2v) is 5.12. The van der Waals surface area contributed by atoms with Gasteiger partial charge in [-0.2, -0.15) is 11.3 Å². The zero-order valence-corrected chi connectivity index (χ0v) is 13.2. The van der Waals surface area contributed by atoms with Crippen LogP contribution in [-0.4, -0.2) is 19.1 Å². The molecule has 114 valence electrons. The van der Waals surface area contributed by atoms with Crippen LogP contribution in [0.4, 0.5) is 5.69 Å². The first-order valence-corrected chi connectivity index (χ1v) is 7.46. The Balaban J connectivity index is 0.00000220. The van der Waals surface area contributed by atoms with Gasteiger partial charge >= 0.3 is 0 Å². The fourth-order valence-electron chi connectivity index (χ4n) is 1.73.